The number of anilines is 5. The van der Waals surface area contributed by atoms with Crippen molar-refractivity contribution in [3.8, 4) is 5.75 Å². The van der Waals surface area contributed by atoms with E-state index in [4.69, 9.17) is 26.3 Å². The number of amides is 2. The number of rotatable bonds is 8. The molecule has 4 aliphatic heterocycles. The van der Waals surface area contributed by atoms with E-state index in [2.05, 4.69) is 40.7 Å². The Labute approximate surface area is 354 Å². The topological polar surface area (TPSA) is 168 Å². The maximum Gasteiger partial charge on any atom is 0.301 e. The van der Waals surface area contributed by atoms with Gasteiger partial charge in [-0.15, -0.1) is 0 Å². The summed E-state index contributed by atoms with van der Waals surface area (Å²) in [7, 11) is 3.48. The van der Waals surface area contributed by atoms with Gasteiger partial charge in [0, 0.05) is 95.1 Å². The number of aromatic nitrogens is 6. The van der Waals surface area contributed by atoms with Crippen LogP contribution in [0.3, 0.4) is 0 Å². The van der Waals surface area contributed by atoms with E-state index < -0.39 is 30.0 Å². The van der Waals surface area contributed by atoms with Crippen LogP contribution < -0.4 is 36.0 Å². The zero-order valence-electron chi connectivity index (χ0n) is 34.0. The second-order valence-electron chi connectivity index (χ2n) is 17.1. The lowest BCUT2D eigenvalue weighted by Gasteiger charge is -2.39. The summed E-state index contributed by atoms with van der Waals surface area (Å²) in [6.07, 6.45) is 7.53. The predicted octanol–water partition coefficient (Wildman–Crippen LogP) is 4.78. The first-order valence-corrected chi connectivity index (χ1v) is 21.4. The molecule has 61 heavy (non-hydrogen) atoms. The molecule has 0 bridgehead atoms. The number of hydrogen-bond donors (Lipinski definition) is 3. The van der Waals surface area contributed by atoms with Gasteiger partial charge >= 0.3 is 5.92 Å². The van der Waals surface area contributed by atoms with Crippen molar-refractivity contribution in [2.75, 3.05) is 72.9 Å². The van der Waals surface area contributed by atoms with Crippen LogP contribution in [0.15, 0.2) is 41.5 Å². The highest BCUT2D eigenvalue weighted by Crippen LogP contribution is 2.46. The van der Waals surface area contributed by atoms with Crippen molar-refractivity contribution in [3.63, 3.8) is 0 Å². The molecule has 1 aromatic carbocycles. The van der Waals surface area contributed by atoms with E-state index >= 15 is 8.78 Å². The van der Waals surface area contributed by atoms with Gasteiger partial charge in [-0.05, 0) is 62.1 Å². The number of hydrogen-bond acceptors (Lipinski definition) is 13. The molecular formula is C42H47ClF2N12O4. The van der Waals surface area contributed by atoms with Gasteiger partial charge in [0.25, 0.3) is 5.56 Å². The van der Waals surface area contributed by atoms with Crippen molar-refractivity contribution in [2.24, 2.45) is 25.9 Å². The third-order valence-corrected chi connectivity index (χ3v) is 13.3. The van der Waals surface area contributed by atoms with Crippen LogP contribution in [0.4, 0.5) is 37.7 Å². The fourth-order valence-corrected chi connectivity index (χ4v) is 9.55. The predicted molar refractivity (Wildman–Crippen MR) is 227 cm³/mol. The van der Waals surface area contributed by atoms with Crippen LogP contribution in [0, 0.1) is 11.8 Å². The Bertz CT molecular complexity index is 2620. The quantitative estimate of drug-likeness (QED) is 0.183. The van der Waals surface area contributed by atoms with E-state index in [9.17, 15) is 14.4 Å². The highest BCUT2D eigenvalue weighted by molar-refractivity contribution is 6.33. The first-order valence-electron chi connectivity index (χ1n) is 21.0. The minimum absolute atomic E-state index is 0.108. The molecule has 2 atom stereocenters. The van der Waals surface area contributed by atoms with Gasteiger partial charge in [0.05, 0.1) is 40.6 Å². The van der Waals surface area contributed by atoms with Crippen molar-refractivity contribution in [1.29, 1.82) is 0 Å². The second kappa shape index (κ2) is 15.4. The molecular weight excluding hydrogens is 810 g/mol. The first kappa shape index (κ1) is 39.5. The molecule has 1 aliphatic carbocycles. The molecule has 2 amide bonds. The third kappa shape index (κ3) is 7.46. The van der Waals surface area contributed by atoms with Gasteiger partial charge in [-0.3, -0.25) is 29.3 Å². The Morgan fingerprint density at radius 1 is 0.918 bits per heavy atom. The Balaban J connectivity index is 0.763. The normalized spacial score (nSPS) is 22.4. The fourth-order valence-electron chi connectivity index (χ4n) is 9.41. The molecule has 3 saturated heterocycles. The van der Waals surface area contributed by atoms with E-state index in [0.717, 1.165) is 75.4 Å². The van der Waals surface area contributed by atoms with Gasteiger partial charge < -0.3 is 29.7 Å². The molecule has 5 aromatic rings. The van der Waals surface area contributed by atoms with Crippen LogP contribution in [0.5, 0.6) is 5.75 Å². The highest BCUT2D eigenvalue weighted by atomic mass is 35.5. The summed E-state index contributed by atoms with van der Waals surface area (Å²) in [5, 5.41) is 15.2. The number of ether oxygens (including phenoxy) is 1. The number of nitrogens with zero attached hydrogens (tertiary/aromatic N) is 9. The Morgan fingerprint density at radius 2 is 1.70 bits per heavy atom. The van der Waals surface area contributed by atoms with Crippen LogP contribution in [-0.2, 0) is 23.7 Å². The highest BCUT2D eigenvalue weighted by Gasteiger charge is 2.51. The number of piperazine rings is 1. The summed E-state index contributed by atoms with van der Waals surface area (Å²) in [6, 6.07) is 6.30. The molecule has 19 heteroatoms. The summed E-state index contributed by atoms with van der Waals surface area (Å²) in [4.78, 5) is 58.7. The summed E-state index contributed by atoms with van der Waals surface area (Å²) >= 11 is 6.62. The smallest absolute Gasteiger partial charge is 0.301 e. The lowest BCUT2D eigenvalue weighted by molar-refractivity contribution is -0.134. The van der Waals surface area contributed by atoms with E-state index in [1.807, 2.05) is 19.3 Å². The van der Waals surface area contributed by atoms with Gasteiger partial charge in [-0.25, -0.2) is 18.7 Å². The van der Waals surface area contributed by atoms with Crippen LogP contribution in [0.2, 0.25) is 5.02 Å². The Hall–Kier alpha value is -5.62. The van der Waals surface area contributed by atoms with E-state index in [-0.39, 0.29) is 29.2 Å². The summed E-state index contributed by atoms with van der Waals surface area (Å²) in [5.74, 6) is -2.03. The molecule has 320 valence electrons. The van der Waals surface area contributed by atoms with Crippen molar-refractivity contribution in [1.82, 2.24) is 39.5 Å². The molecule has 10 rings (SSSR count). The largest absolute Gasteiger partial charge is 0.480 e. The Morgan fingerprint density at radius 3 is 2.46 bits per heavy atom. The van der Waals surface area contributed by atoms with E-state index in [0.29, 0.717) is 70.7 Å². The number of carbonyl (C=O) groups excluding carboxylic acids is 2. The minimum atomic E-state index is -3.13. The van der Waals surface area contributed by atoms with Crippen molar-refractivity contribution in [3.05, 3.63) is 57.7 Å². The number of carbonyl (C=O) groups is 2. The molecule has 4 aromatic heterocycles. The average molecular weight is 857 g/mol. The molecule has 16 nitrogen and oxygen atoms in total. The number of nitrogens with one attached hydrogen (secondary N) is 3. The first-order chi connectivity index (χ1) is 29.4. The lowest BCUT2D eigenvalue weighted by Crippen LogP contribution is -2.49. The fraction of sp³-hybridized carbons (Fsp3) is 0.500. The van der Waals surface area contributed by atoms with Crippen LogP contribution in [0.25, 0.3) is 21.8 Å². The van der Waals surface area contributed by atoms with Gasteiger partial charge in [0.2, 0.25) is 23.5 Å². The molecule has 8 heterocycles. The summed E-state index contributed by atoms with van der Waals surface area (Å²) < 4.78 is 39.0. The number of halogens is 3. The number of pyridine rings is 2. The minimum Gasteiger partial charge on any atom is -0.480 e. The monoisotopic (exact) mass is 856 g/mol. The molecule has 0 radical (unpaired) electrons. The number of piperidine rings is 2. The van der Waals surface area contributed by atoms with Crippen molar-refractivity contribution >= 4 is 74.2 Å². The average Bonchev–Trinajstić information content (AvgIpc) is 4.06. The molecule has 4 fully saturated rings. The SMILES string of the molecule is Cn1nc(C2CCC(=O)NC2=O)c2cnc(N3CCN(CC4CCN(c5ncc(Cl)c(Nc6ccc7c(c6)c6c(c(=O)n7C)OCC(F)(F)C(C7CC7)N6)n5)CC4)CC3)cc21. The number of aryl methyl sites for hydroxylation is 2. The summed E-state index contributed by atoms with van der Waals surface area (Å²) in [6.45, 7) is 5.30. The molecule has 3 N–H and O–H groups in total. The van der Waals surface area contributed by atoms with Crippen LogP contribution in [0.1, 0.15) is 50.1 Å². The molecule has 5 aliphatic rings. The number of alkyl halides is 2. The lowest BCUT2D eigenvalue weighted by atomic mass is 9.93. The zero-order valence-corrected chi connectivity index (χ0v) is 34.7. The third-order valence-electron chi connectivity index (χ3n) is 13.0. The Kier molecular flexibility index (Phi) is 9.96. The molecule has 1 saturated carbocycles. The second-order valence-corrected chi connectivity index (χ2v) is 17.5. The maximum atomic E-state index is 15.2. The molecule has 0 spiro atoms. The molecule has 2 unspecified atom stereocenters. The maximum absolute atomic E-state index is 15.2. The van der Waals surface area contributed by atoms with Gasteiger partial charge in [0.1, 0.15) is 10.8 Å². The number of benzene rings is 1. The van der Waals surface area contributed by atoms with Gasteiger partial charge in [-0.2, -0.15) is 10.1 Å². The van der Waals surface area contributed by atoms with Crippen molar-refractivity contribution < 1.29 is 23.1 Å². The standard InChI is InChI=1S/C42H47ClF2N12O4/c1-53-30-7-5-25(17-27(30)35-36(40(53)60)61-22-42(44,45)37(50-35)24-3-4-24)48-38-29(43)20-47-41(51-38)57-11-9-23(10-12-57)21-55-13-15-56(16-14-55)32-18-31-28(19-46-32)34(52-54(31)2)26-6-8-33(58)49-39(26)59/h5,7,17-20,23-24,26,37,50H,3-4,6,8-16,21-22H2,1-2H3,(H,47,48,51)(H,49,58,59). The van der Waals surface area contributed by atoms with E-state index in [1.54, 1.807) is 36.1 Å². The van der Waals surface area contributed by atoms with Gasteiger partial charge in [0.15, 0.2) is 12.4 Å². The number of fused-ring (bicyclic) bond motifs is 4. The zero-order chi connectivity index (χ0) is 42.2. The van der Waals surface area contributed by atoms with Crippen LogP contribution in [-0.4, -0.2) is 110 Å². The summed E-state index contributed by atoms with van der Waals surface area (Å²) in [5.41, 5.74) is 2.57. The number of imide groups is 1. The van der Waals surface area contributed by atoms with Crippen LogP contribution >= 0.6 is 11.6 Å². The van der Waals surface area contributed by atoms with Crippen molar-refractivity contribution in [2.45, 2.75) is 56.4 Å². The van der Waals surface area contributed by atoms with E-state index in [1.165, 1.54) is 4.57 Å². The van der Waals surface area contributed by atoms with Gasteiger partial charge in [-0.1, -0.05) is 11.6 Å².